The Bertz CT molecular complexity index is 1140. The molecule has 1 aromatic carbocycles. The smallest absolute Gasteiger partial charge is 0.257 e. The van der Waals surface area contributed by atoms with Crippen molar-refractivity contribution in [1.82, 2.24) is 24.9 Å². The van der Waals surface area contributed by atoms with Crippen molar-refractivity contribution >= 4 is 17.7 Å². The minimum Gasteiger partial charge on any atom is -0.497 e. The van der Waals surface area contributed by atoms with Gasteiger partial charge in [0.05, 0.1) is 25.7 Å². The third-order valence-electron chi connectivity index (χ3n) is 4.42. The lowest BCUT2D eigenvalue weighted by Gasteiger charge is -2.07. The number of ether oxygens (including phenoxy) is 1. The number of carbonyl (C=O) groups excluding carboxylic acids is 1. The number of hydrogen-bond donors (Lipinski definition) is 1. The van der Waals surface area contributed by atoms with Crippen molar-refractivity contribution in [3.63, 3.8) is 0 Å². The number of benzene rings is 1. The van der Waals surface area contributed by atoms with Gasteiger partial charge in [0.15, 0.2) is 11.0 Å². The minimum atomic E-state index is -0.389. The Labute approximate surface area is 181 Å². The van der Waals surface area contributed by atoms with Crippen LogP contribution in [0.2, 0.25) is 0 Å². The molecule has 1 amide bonds. The molecular weight excluding hydrogens is 420 g/mol. The molecule has 31 heavy (non-hydrogen) atoms. The van der Waals surface area contributed by atoms with Gasteiger partial charge in [0.1, 0.15) is 17.3 Å². The first kappa shape index (κ1) is 20.7. The lowest BCUT2D eigenvalue weighted by molar-refractivity contribution is -0.118. The third-order valence-corrected chi connectivity index (χ3v) is 5.38. The van der Waals surface area contributed by atoms with Crippen molar-refractivity contribution in [3.05, 3.63) is 60.1 Å². The van der Waals surface area contributed by atoms with Crippen LogP contribution in [0.15, 0.2) is 56.8 Å². The van der Waals surface area contributed by atoms with E-state index in [0.717, 1.165) is 17.1 Å². The van der Waals surface area contributed by atoms with Crippen molar-refractivity contribution in [2.75, 3.05) is 7.11 Å². The summed E-state index contributed by atoms with van der Waals surface area (Å²) < 4.78 is 17.9. The van der Waals surface area contributed by atoms with Crippen LogP contribution in [0.4, 0.5) is 0 Å². The average molecular weight is 440 g/mol. The molecule has 3 aromatic heterocycles. The standard InChI is InChI=1S/C20H20N6O4S/c1-28-14-6-4-13(5-7-14)19-22-17(25-30-19)12-31-20-24-23-18(9-8-16(21)27)26(20)11-15-3-2-10-29-15/h2-7,10H,8-9,11-12H2,1H3,(H2,21,27). The average Bonchev–Trinajstić information content (AvgIpc) is 3.53. The number of hydrogen-bond acceptors (Lipinski definition) is 9. The van der Waals surface area contributed by atoms with Crippen molar-refractivity contribution in [2.24, 2.45) is 5.73 Å². The number of furan rings is 1. The van der Waals surface area contributed by atoms with Crippen LogP contribution in [0.5, 0.6) is 5.75 Å². The second-order valence-electron chi connectivity index (χ2n) is 6.56. The Kier molecular flexibility index (Phi) is 6.32. The highest BCUT2D eigenvalue weighted by Gasteiger charge is 2.17. The summed E-state index contributed by atoms with van der Waals surface area (Å²) in [5.74, 6) is 3.17. The van der Waals surface area contributed by atoms with Gasteiger partial charge in [0.2, 0.25) is 5.91 Å². The summed E-state index contributed by atoms with van der Waals surface area (Å²) in [6.07, 6.45) is 2.19. The number of carbonyl (C=O) groups is 1. The first-order valence-corrected chi connectivity index (χ1v) is 10.4. The van der Waals surface area contributed by atoms with E-state index in [1.807, 2.05) is 41.0 Å². The summed E-state index contributed by atoms with van der Waals surface area (Å²) in [7, 11) is 1.61. The van der Waals surface area contributed by atoms with E-state index in [4.69, 9.17) is 19.4 Å². The van der Waals surface area contributed by atoms with Crippen LogP contribution < -0.4 is 10.5 Å². The van der Waals surface area contributed by atoms with E-state index in [1.54, 1.807) is 13.4 Å². The van der Waals surface area contributed by atoms with Gasteiger partial charge in [-0.1, -0.05) is 16.9 Å². The van der Waals surface area contributed by atoms with E-state index < -0.39 is 0 Å². The molecule has 11 heteroatoms. The van der Waals surface area contributed by atoms with E-state index in [2.05, 4.69) is 20.3 Å². The van der Waals surface area contributed by atoms with Gasteiger partial charge in [-0.2, -0.15) is 4.98 Å². The highest BCUT2D eigenvalue weighted by molar-refractivity contribution is 7.98. The predicted molar refractivity (Wildman–Crippen MR) is 111 cm³/mol. The molecular formula is C20H20N6O4S. The molecule has 3 heterocycles. The maximum atomic E-state index is 11.2. The molecule has 160 valence electrons. The van der Waals surface area contributed by atoms with Crippen LogP contribution in [0.3, 0.4) is 0 Å². The zero-order valence-electron chi connectivity index (χ0n) is 16.7. The fourth-order valence-corrected chi connectivity index (χ4v) is 3.66. The van der Waals surface area contributed by atoms with E-state index in [-0.39, 0.29) is 12.3 Å². The molecule has 4 rings (SSSR count). The first-order chi connectivity index (χ1) is 15.1. The summed E-state index contributed by atoms with van der Waals surface area (Å²) >= 11 is 1.42. The van der Waals surface area contributed by atoms with Crippen molar-refractivity contribution in [3.8, 4) is 17.2 Å². The fourth-order valence-electron chi connectivity index (χ4n) is 2.86. The topological polar surface area (TPSA) is 135 Å². The molecule has 0 fully saturated rings. The van der Waals surface area contributed by atoms with Crippen LogP contribution in [0, 0.1) is 0 Å². The number of thioether (sulfide) groups is 1. The Morgan fingerprint density at radius 3 is 2.77 bits per heavy atom. The second kappa shape index (κ2) is 9.47. The van der Waals surface area contributed by atoms with Crippen LogP contribution in [-0.2, 0) is 23.5 Å². The summed E-state index contributed by atoms with van der Waals surface area (Å²) in [4.78, 5) is 15.6. The number of aryl methyl sites for hydroxylation is 1. The highest BCUT2D eigenvalue weighted by atomic mass is 32.2. The van der Waals surface area contributed by atoms with Gasteiger partial charge in [-0.15, -0.1) is 10.2 Å². The second-order valence-corrected chi connectivity index (χ2v) is 7.51. The number of nitrogens with zero attached hydrogens (tertiary/aromatic N) is 5. The number of rotatable bonds is 10. The molecule has 0 radical (unpaired) electrons. The Balaban J connectivity index is 1.47. The number of nitrogens with two attached hydrogens (primary N) is 1. The first-order valence-electron chi connectivity index (χ1n) is 9.45. The van der Waals surface area contributed by atoms with E-state index in [1.165, 1.54) is 11.8 Å². The summed E-state index contributed by atoms with van der Waals surface area (Å²) in [6, 6.07) is 11.1. The van der Waals surface area contributed by atoms with Crippen LogP contribution in [-0.4, -0.2) is 37.9 Å². The summed E-state index contributed by atoms with van der Waals surface area (Å²) in [5, 5.41) is 13.2. The van der Waals surface area contributed by atoms with Crippen molar-refractivity contribution in [2.45, 2.75) is 30.3 Å². The molecule has 0 unspecified atom stereocenters. The van der Waals surface area contributed by atoms with Gasteiger partial charge in [0.25, 0.3) is 5.89 Å². The SMILES string of the molecule is COc1ccc(-c2nc(CSc3nnc(CCC(N)=O)n3Cc3ccco3)no2)cc1. The fraction of sp³-hybridized carbons (Fsp3) is 0.250. The van der Waals surface area contributed by atoms with Gasteiger partial charge in [0, 0.05) is 18.4 Å². The molecule has 0 aliphatic carbocycles. The van der Waals surface area contributed by atoms with Gasteiger partial charge >= 0.3 is 0 Å². The summed E-state index contributed by atoms with van der Waals surface area (Å²) in [6.45, 7) is 0.444. The van der Waals surface area contributed by atoms with E-state index in [9.17, 15) is 4.79 Å². The maximum absolute atomic E-state index is 11.2. The van der Waals surface area contributed by atoms with Crippen LogP contribution >= 0.6 is 11.8 Å². The molecule has 0 aliphatic rings. The summed E-state index contributed by atoms with van der Waals surface area (Å²) in [5.41, 5.74) is 6.09. The third kappa shape index (κ3) is 5.12. The molecule has 0 spiro atoms. The molecule has 4 aromatic rings. The van der Waals surface area contributed by atoms with E-state index in [0.29, 0.717) is 41.4 Å². The van der Waals surface area contributed by atoms with Gasteiger partial charge in [-0.05, 0) is 36.4 Å². The van der Waals surface area contributed by atoms with Gasteiger partial charge in [-0.3, -0.25) is 9.36 Å². The van der Waals surface area contributed by atoms with Crippen LogP contribution in [0.1, 0.15) is 23.8 Å². The Hall–Kier alpha value is -3.60. The molecule has 0 saturated carbocycles. The quantitative estimate of drug-likeness (QED) is 0.369. The zero-order chi connectivity index (χ0) is 21.6. The van der Waals surface area contributed by atoms with Gasteiger partial charge < -0.3 is 19.4 Å². The lowest BCUT2D eigenvalue weighted by Crippen LogP contribution is -2.14. The molecule has 0 bridgehead atoms. The number of methoxy groups -OCH3 is 1. The van der Waals surface area contributed by atoms with Gasteiger partial charge in [-0.25, -0.2) is 0 Å². The molecule has 0 atom stereocenters. The minimum absolute atomic E-state index is 0.191. The maximum Gasteiger partial charge on any atom is 0.257 e. The largest absolute Gasteiger partial charge is 0.497 e. The monoisotopic (exact) mass is 440 g/mol. The number of primary amides is 1. The Morgan fingerprint density at radius 2 is 2.06 bits per heavy atom. The molecule has 0 aliphatic heterocycles. The number of aromatic nitrogens is 5. The van der Waals surface area contributed by atoms with Crippen molar-refractivity contribution < 1.29 is 18.5 Å². The van der Waals surface area contributed by atoms with E-state index >= 15 is 0 Å². The van der Waals surface area contributed by atoms with Crippen LogP contribution in [0.25, 0.3) is 11.5 Å². The predicted octanol–water partition coefficient (Wildman–Crippen LogP) is 2.69. The molecule has 0 saturated heterocycles. The number of amides is 1. The zero-order valence-corrected chi connectivity index (χ0v) is 17.5. The Morgan fingerprint density at radius 1 is 1.23 bits per heavy atom. The molecule has 10 nitrogen and oxygen atoms in total. The molecule has 2 N–H and O–H groups in total. The highest BCUT2D eigenvalue weighted by Crippen LogP contribution is 2.25. The lowest BCUT2D eigenvalue weighted by atomic mass is 10.2. The van der Waals surface area contributed by atoms with Crippen molar-refractivity contribution in [1.29, 1.82) is 0 Å². The normalized spacial score (nSPS) is 11.0.